The third-order valence-electron chi connectivity index (χ3n) is 3.45. The van der Waals surface area contributed by atoms with Crippen LogP contribution in [0.3, 0.4) is 0 Å². The van der Waals surface area contributed by atoms with Gasteiger partial charge < -0.3 is 15.0 Å². The molecule has 8 nitrogen and oxygen atoms in total. The number of amides is 2. The van der Waals surface area contributed by atoms with Crippen LogP contribution in [-0.4, -0.2) is 47.4 Å². The Kier molecular flexibility index (Phi) is 4.92. The number of rotatable bonds is 5. The molecule has 0 aromatic heterocycles. The highest BCUT2D eigenvalue weighted by Gasteiger charge is 2.31. The first-order valence-electron chi connectivity index (χ1n) is 6.97. The van der Waals surface area contributed by atoms with Gasteiger partial charge in [0, 0.05) is 25.2 Å². The van der Waals surface area contributed by atoms with Gasteiger partial charge in [0.25, 0.3) is 11.6 Å². The minimum atomic E-state index is -0.507. The number of ether oxygens (including phenoxy) is 1. The third-order valence-corrected chi connectivity index (χ3v) is 3.45. The first-order chi connectivity index (χ1) is 10.5. The maximum absolute atomic E-state index is 12.2. The molecule has 1 N–H and O–H groups in total. The molecule has 1 aliphatic heterocycles. The van der Waals surface area contributed by atoms with Crippen molar-refractivity contribution in [2.75, 3.05) is 19.7 Å². The molecule has 8 heteroatoms. The number of hydrogen-bond acceptors (Lipinski definition) is 5. The fourth-order valence-electron chi connectivity index (χ4n) is 2.31. The maximum atomic E-state index is 12.2. The summed E-state index contributed by atoms with van der Waals surface area (Å²) in [7, 11) is 0. The van der Waals surface area contributed by atoms with E-state index < -0.39 is 11.0 Å². The Morgan fingerprint density at radius 2 is 2.14 bits per heavy atom. The molecule has 2 rings (SSSR count). The minimum Gasteiger partial charge on any atom is -0.484 e. The minimum absolute atomic E-state index is 0.0441. The molecule has 22 heavy (non-hydrogen) atoms. The average molecular weight is 307 g/mol. The Morgan fingerprint density at radius 1 is 1.45 bits per heavy atom. The van der Waals surface area contributed by atoms with Crippen LogP contribution < -0.4 is 10.1 Å². The molecule has 1 heterocycles. The maximum Gasteiger partial charge on any atom is 0.269 e. The van der Waals surface area contributed by atoms with Gasteiger partial charge in [-0.05, 0) is 18.6 Å². The zero-order valence-electron chi connectivity index (χ0n) is 12.2. The second-order valence-electron chi connectivity index (χ2n) is 4.84. The number of nitrogens with one attached hydrogen (secondary N) is 1. The van der Waals surface area contributed by atoms with Crippen molar-refractivity contribution in [1.29, 1.82) is 0 Å². The van der Waals surface area contributed by atoms with Gasteiger partial charge in [-0.25, -0.2) is 0 Å². The van der Waals surface area contributed by atoms with E-state index in [0.29, 0.717) is 25.3 Å². The van der Waals surface area contributed by atoms with Crippen LogP contribution in [0.2, 0.25) is 0 Å². The van der Waals surface area contributed by atoms with Crippen molar-refractivity contribution in [2.45, 2.75) is 19.4 Å². The summed E-state index contributed by atoms with van der Waals surface area (Å²) in [6.45, 7) is 2.51. The van der Waals surface area contributed by atoms with Crippen LogP contribution in [0.25, 0.3) is 0 Å². The largest absolute Gasteiger partial charge is 0.484 e. The van der Waals surface area contributed by atoms with E-state index in [-0.39, 0.29) is 24.1 Å². The second kappa shape index (κ2) is 6.88. The molecule has 0 radical (unpaired) electrons. The molecule has 2 amide bonds. The molecule has 0 spiro atoms. The van der Waals surface area contributed by atoms with Crippen LogP contribution in [0.5, 0.6) is 5.75 Å². The highest BCUT2D eigenvalue weighted by molar-refractivity contribution is 5.89. The fourth-order valence-corrected chi connectivity index (χ4v) is 2.31. The summed E-state index contributed by atoms with van der Waals surface area (Å²) < 4.78 is 5.34. The number of nitro benzene ring substituents is 1. The van der Waals surface area contributed by atoms with Crippen LogP contribution in [0.1, 0.15) is 13.3 Å². The van der Waals surface area contributed by atoms with Crippen molar-refractivity contribution in [3.8, 4) is 5.75 Å². The van der Waals surface area contributed by atoms with E-state index in [1.165, 1.54) is 29.2 Å². The van der Waals surface area contributed by atoms with Crippen molar-refractivity contribution < 1.29 is 19.2 Å². The lowest BCUT2D eigenvalue weighted by Crippen LogP contribution is -2.57. The lowest BCUT2D eigenvalue weighted by atomic mass is 10.1. The number of nitro groups is 1. The summed E-state index contributed by atoms with van der Waals surface area (Å²) in [5.74, 6) is -0.0639. The topological polar surface area (TPSA) is 102 Å². The first kappa shape index (κ1) is 15.7. The molecule has 1 aromatic rings. The van der Waals surface area contributed by atoms with Gasteiger partial charge in [-0.2, -0.15) is 0 Å². The van der Waals surface area contributed by atoms with Crippen molar-refractivity contribution in [3.05, 3.63) is 34.4 Å². The lowest BCUT2D eigenvalue weighted by Gasteiger charge is -2.34. The molecule has 118 valence electrons. The Labute approximate surface area is 127 Å². The summed E-state index contributed by atoms with van der Waals surface area (Å²) in [4.78, 5) is 35.4. The monoisotopic (exact) mass is 307 g/mol. The Hall–Kier alpha value is -2.64. The fraction of sp³-hybridized carbons (Fsp3) is 0.429. The average Bonchev–Trinajstić information content (AvgIpc) is 2.52. The van der Waals surface area contributed by atoms with E-state index >= 15 is 0 Å². The van der Waals surface area contributed by atoms with Gasteiger partial charge >= 0.3 is 0 Å². The van der Waals surface area contributed by atoms with E-state index in [1.807, 2.05) is 6.92 Å². The summed E-state index contributed by atoms with van der Waals surface area (Å²) in [6.07, 6.45) is 0.537. The lowest BCUT2D eigenvalue weighted by molar-refractivity contribution is -0.384. The van der Waals surface area contributed by atoms with Crippen molar-refractivity contribution >= 4 is 17.5 Å². The van der Waals surface area contributed by atoms with Crippen molar-refractivity contribution in [3.63, 3.8) is 0 Å². The van der Waals surface area contributed by atoms with Gasteiger partial charge in [0.15, 0.2) is 6.61 Å². The number of carbonyl (C=O) groups excluding carboxylic acids is 2. The van der Waals surface area contributed by atoms with E-state index in [2.05, 4.69) is 5.32 Å². The van der Waals surface area contributed by atoms with Gasteiger partial charge in [-0.1, -0.05) is 6.92 Å². The molecular weight excluding hydrogens is 290 g/mol. The zero-order chi connectivity index (χ0) is 16.1. The van der Waals surface area contributed by atoms with Gasteiger partial charge in [0.05, 0.1) is 4.92 Å². The third kappa shape index (κ3) is 3.51. The molecule has 1 fully saturated rings. The van der Waals surface area contributed by atoms with Crippen LogP contribution in [0.15, 0.2) is 24.3 Å². The predicted molar refractivity (Wildman–Crippen MR) is 77.4 cm³/mol. The molecule has 1 atom stereocenters. The van der Waals surface area contributed by atoms with Gasteiger partial charge in [0.1, 0.15) is 11.8 Å². The molecule has 0 saturated carbocycles. The predicted octanol–water partition coefficient (Wildman–Crippen LogP) is 0.711. The molecule has 0 bridgehead atoms. The van der Waals surface area contributed by atoms with E-state index in [1.54, 1.807) is 0 Å². The highest BCUT2D eigenvalue weighted by atomic mass is 16.6. The quantitative estimate of drug-likeness (QED) is 0.637. The first-order valence-corrected chi connectivity index (χ1v) is 6.97. The Bertz CT molecular complexity index is 572. The van der Waals surface area contributed by atoms with Crippen molar-refractivity contribution in [2.24, 2.45) is 0 Å². The standard InChI is InChI=1S/C14H17N3O5/c1-2-12-14(19)15-7-8-16(12)13(18)9-22-11-5-3-10(4-6-11)17(20)21/h3-6,12H,2,7-9H2,1H3,(H,15,19)/t12-/m1/s1. The summed E-state index contributed by atoms with van der Waals surface area (Å²) in [5.41, 5.74) is -0.0441. The smallest absolute Gasteiger partial charge is 0.269 e. The van der Waals surface area contributed by atoms with Crippen molar-refractivity contribution in [1.82, 2.24) is 10.2 Å². The number of non-ortho nitro benzene ring substituents is 1. The molecule has 0 unspecified atom stereocenters. The number of carbonyl (C=O) groups is 2. The zero-order valence-corrected chi connectivity index (χ0v) is 12.2. The SMILES string of the molecule is CC[C@@H]1C(=O)NCCN1C(=O)COc1ccc([N+](=O)[O-])cc1. The van der Waals surface area contributed by atoms with E-state index in [0.717, 1.165) is 0 Å². The molecule has 1 aliphatic rings. The van der Waals surface area contributed by atoms with Gasteiger partial charge in [-0.15, -0.1) is 0 Å². The second-order valence-corrected chi connectivity index (χ2v) is 4.84. The van der Waals surface area contributed by atoms with Gasteiger partial charge in [0.2, 0.25) is 5.91 Å². The van der Waals surface area contributed by atoms with E-state index in [9.17, 15) is 19.7 Å². The number of benzene rings is 1. The summed E-state index contributed by atoms with van der Waals surface area (Å²) in [5, 5.41) is 13.3. The number of piperazine rings is 1. The molecule has 0 aliphatic carbocycles. The van der Waals surface area contributed by atoms with E-state index in [4.69, 9.17) is 4.74 Å². The van der Waals surface area contributed by atoms with Gasteiger partial charge in [-0.3, -0.25) is 19.7 Å². The van der Waals surface area contributed by atoms with Crippen LogP contribution in [0, 0.1) is 10.1 Å². The molecule has 1 saturated heterocycles. The molecular formula is C14H17N3O5. The number of nitrogens with zero attached hydrogens (tertiary/aromatic N) is 2. The normalized spacial score (nSPS) is 17.8. The highest BCUT2D eigenvalue weighted by Crippen LogP contribution is 2.17. The Morgan fingerprint density at radius 3 is 2.73 bits per heavy atom. The van der Waals surface area contributed by atoms with Crippen LogP contribution in [0.4, 0.5) is 5.69 Å². The summed E-state index contributed by atoms with van der Waals surface area (Å²) >= 11 is 0. The number of hydrogen-bond donors (Lipinski definition) is 1. The summed E-state index contributed by atoms with van der Waals surface area (Å²) in [6, 6.07) is 5.02. The van der Waals surface area contributed by atoms with Crippen LogP contribution in [-0.2, 0) is 9.59 Å². The molecule has 1 aromatic carbocycles. The van der Waals surface area contributed by atoms with Crippen LogP contribution >= 0.6 is 0 Å². The Balaban J connectivity index is 1.94.